The second kappa shape index (κ2) is 8.25. The number of anilines is 1. The van der Waals surface area contributed by atoms with Crippen LogP contribution in [-0.4, -0.2) is 33.9 Å². The van der Waals surface area contributed by atoms with E-state index in [1.165, 1.54) is 24.3 Å². The maximum atomic E-state index is 12.9. The highest BCUT2D eigenvalue weighted by Gasteiger charge is 2.29. The Hall–Kier alpha value is -3.23. The van der Waals surface area contributed by atoms with E-state index in [1.807, 2.05) is 42.2 Å². The topological polar surface area (TPSA) is 90.5 Å². The Morgan fingerprint density at radius 1 is 1.13 bits per heavy atom. The van der Waals surface area contributed by atoms with Gasteiger partial charge in [0.15, 0.2) is 0 Å². The zero-order valence-electron chi connectivity index (χ0n) is 16.1. The number of morpholine rings is 1. The van der Waals surface area contributed by atoms with Crippen LogP contribution < -0.4 is 10.5 Å². The van der Waals surface area contributed by atoms with Crippen LogP contribution in [0.3, 0.4) is 0 Å². The highest BCUT2D eigenvalue weighted by atomic mass is 35.5. The van der Waals surface area contributed by atoms with Crippen molar-refractivity contribution in [3.63, 3.8) is 0 Å². The lowest BCUT2D eigenvalue weighted by molar-refractivity contribution is -0.384. The monoisotopic (exact) mass is 426 g/mol. The van der Waals surface area contributed by atoms with Crippen molar-refractivity contribution in [1.82, 2.24) is 9.78 Å². The van der Waals surface area contributed by atoms with Gasteiger partial charge in [0.2, 0.25) is 0 Å². The summed E-state index contributed by atoms with van der Waals surface area (Å²) in [4.78, 5) is 25.2. The minimum absolute atomic E-state index is 0.0456. The van der Waals surface area contributed by atoms with Crippen molar-refractivity contribution in [3.8, 4) is 5.69 Å². The van der Waals surface area contributed by atoms with Gasteiger partial charge in [-0.2, -0.15) is 9.78 Å². The summed E-state index contributed by atoms with van der Waals surface area (Å²) < 4.78 is 7.21. The highest BCUT2D eigenvalue weighted by Crippen LogP contribution is 2.31. The molecule has 1 saturated heterocycles. The van der Waals surface area contributed by atoms with Crippen LogP contribution in [0.1, 0.15) is 18.6 Å². The summed E-state index contributed by atoms with van der Waals surface area (Å²) in [6.45, 7) is 3.09. The molecule has 30 heavy (non-hydrogen) atoms. The normalized spacial score (nSPS) is 18.9. The standard InChI is InChI=1S/C21H19ClN4O4/c1-14-12-24(13-19(30-14)15-5-3-2-4-6-15)18-11-23-25(21(27)20(18)22)16-7-9-17(10-8-16)26(28)29/h2-11,14,19H,12-13H2,1H3. The van der Waals surface area contributed by atoms with E-state index in [2.05, 4.69) is 5.10 Å². The van der Waals surface area contributed by atoms with Gasteiger partial charge in [0.05, 0.1) is 28.6 Å². The quantitative estimate of drug-likeness (QED) is 0.466. The van der Waals surface area contributed by atoms with Gasteiger partial charge in [0.1, 0.15) is 11.1 Å². The Balaban J connectivity index is 1.64. The van der Waals surface area contributed by atoms with Crippen LogP contribution in [0.2, 0.25) is 5.02 Å². The summed E-state index contributed by atoms with van der Waals surface area (Å²) in [6.07, 6.45) is 1.34. The Bertz CT molecular complexity index is 1120. The third kappa shape index (κ3) is 3.92. The van der Waals surface area contributed by atoms with Gasteiger partial charge in [0, 0.05) is 25.2 Å². The van der Waals surface area contributed by atoms with Gasteiger partial charge in [-0.1, -0.05) is 41.9 Å². The zero-order valence-corrected chi connectivity index (χ0v) is 16.9. The van der Waals surface area contributed by atoms with Crippen molar-refractivity contribution in [2.75, 3.05) is 18.0 Å². The number of non-ortho nitro benzene ring substituents is 1. The summed E-state index contributed by atoms with van der Waals surface area (Å²) >= 11 is 6.44. The molecule has 2 atom stereocenters. The van der Waals surface area contributed by atoms with Crippen molar-refractivity contribution < 1.29 is 9.66 Å². The number of halogens is 1. The van der Waals surface area contributed by atoms with E-state index in [9.17, 15) is 14.9 Å². The second-order valence-corrected chi connectivity index (χ2v) is 7.46. The van der Waals surface area contributed by atoms with Gasteiger partial charge in [-0.3, -0.25) is 14.9 Å². The lowest BCUT2D eigenvalue weighted by Crippen LogP contribution is -2.43. The number of nitrogens with zero attached hydrogens (tertiary/aromatic N) is 4. The van der Waals surface area contributed by atoms with E-state index in [1.54, 1.807) is 6.20 Å². The van der Waals surface area contributed by atoms with Gasteiger partial charge in [-0.05, 0) is 24.6 Å². The molecule has 2 unspecified atom stereocenters. The summed E-state index contributed by atoms with van der Waals surface area (Å²) in [5.74, 6) is 0. The van der Waals surface area contributed by atoms with Crippen molar-refractivity contribution in [2.24, 2.45) is 0 Å². The largest absolute Gasteiger partial charge is 0.367 e. The van der Waals surface area contributed by atoms with Crippen molar-refractivity contribution >= 4 is 23.0 Å². The average molecular weight is 427 g/mol. The van der Waals surface area contributed by atoms with E-state index in [-0.39, 0.29) is 22.9 Å². The molecule has 1 aromatic heterocycles. The Kier molecular flexibility index (Phi) is 5.52. The van der Waals surface area contributed by atoms with Crippen molar-refractivity contribution in [3.05, 3.63) is 91.8 Å². The highest BCUT2D eigenvalue weighted by molar-refractivity contribution is 6.33. The zero-order chi connectivity index (χ0) is 21.3. The molecule has 0 saturated carbocycles. The summed E-state index contributed by atoms with van der Waals surface area (Å²) in [7, 11) is 0. The molecule has 8 nitrogen and oxygen atoms in total. The molecule has 0 spiro atoms. The molecule has 1 aliphatic heterocycles. The first-order valence-electron chi connectivity index (χ1n) is 9.42. The van der Waals surface area contributed by atoms with Crippen LogP contribution >= 0.6 is 11.6 Å². The van der Waals surface area contributed by atoms with Gasteiger partial charge in [0.25, 0.3) is 11.2 Å². The lowest BCUT2D eigenvalue weighted by atomic mass is 10.1. The molecule has 9 heteroatoms. The predicted molar refractivity (Wildman–Crippen MR) is 113 cm³/mol. The summed E-state index contributed by atoms with van der Waals surface area (Å²) in [6, 6.07) is 15.4. The van der Waals surface area contributed by atoms with Crippen LogP contribution in [0.4, 0.5) is 11.4 Å². The van der Waals surface area contributed by atoms with Gasteiger partial charge in [-0.25, -0.2) is 0 Å². The molecular weight excluding hydrogens is 408 g/mol. The Morgan fingerprint density at radius 2 is 1.83 bits per heavy atom. The molecular formula is C21H19ClN4O4. The fourth-order valence-electron chi connectivity index (χ4n) is 3.54. The maximum Gasteiger partial charge on any atom is 0.292 e. The number of aromatic nitrogens is 2. The third-order valence-electron chi connectivity index (χ3n) is 4.98. The SMILES string of the molecule is CC1CN(c2cnn(-c3ccc([N+](=O)[O-])cc3)c(=O)c2Cl)CC(c2ccccc2)O1. The molecule has 0 aliphatic carbocycles. The first kappa shape index (κ1) is 20.1. The maximum absolute atomic E-state index is 12.9. The molecule has 2 heterocycles. The molecule has 3 aromatic rings. The van der Waals surface area contributed by atoms with E-state index in [0.29, 0.717) is 24.5 Å². The molecule has 2 aromatic carbocycles. The fourth-order valence-corrected chi connectivity index (χ4v) is 3.79. The lowest BCUT2D eigenvalue weighted by Gasteiger charge is -2.38. The smallest absolute Gasteiger partial charge is 0.292 e. The minimum atomic E-state index is -0.501. The predicted octanol–water partition coefficient (Wildman–Crippen LogP) is 3.76. The first-order valence-corrected chi connectivity index (χ1v) is 9.80. The molecule has 0 amide bonds. The van der Waals surface area contributed by atoms with Crippen LogP contribution in [0.25, 0.3) is 5.69 Å². The number of hydrogen-bond acceptors (Lipinski definition) is 6. The number of benzene rings is 2. The second-order valence-electron chi connectivity index (χ2n) is 7.09. The third-order valence-corrected chi connectivity index (χ3v) is 5.33. The van der Waals surface area contributed by atoms with E-state index >= 15 is 0 Å². The average Bonchev–Trinajstić information content (AvgIpc) is 2.76. The molecule has 0 N–H and O–H groups in total. The van der Waals surface area contributed by atoms with Crippen LogP contribution in [-0.2, 0) is 4.74 Å². The molecule has 0 bridgehead atoms. The van der Waals surface area contributed by atoms with Gasteiger partial charge >= 0.3 is 0 Å². The molecule has 1 fully saturated rings. The summed E-state index contributed by atoms with van der Waals surface area (Å²) in [5.41, 5.74) is 1.44. The van der Waals surface area contributed by atoms with Crippen LogP contribution in [0, 0.1) is 10.1 Å². The molecule has 0 radical (unpaired) electrons. The van der Waals surface area contributed by atoms with E-state index < -0.39 is 10.5 Å². The van der Waals surface area contributed by atoms with E-state index in [4.69, 9.17) is 16.3 Å². The first-order chi connectivity index (χ1) is 14.4. The number of ether oxygens (including phenoxy) is 1. The van der Waals surface area contributed by atoms with Gasteiger partial charge in [-0.15, -0.1) is 0 Å². The Labute approximate surface area is 177 Å². The van der Waals surface area contributed by atoms with Gasteiger partial charge < -0.3 is 9.64 Å². The van der Waals surface area contributed by atoms with Crippen molar-refractivity contribution in [1.29, 1.82) is 0 Å². The molecule has 4 rings (SSSR count). The number of rotatable bonds is 4. The number of nitro benzene ring substituents is 1. The molecule has 154 valence electrons. The minimum Gasteiger partial charge on any atom is -0.367 e. The van der Waals surface area contributed by atoms with E-state index in [0.717, 1.165) is 10.2 Å². The summed E-state index contributed by atoms with van der Waals surface area (Å²) in [5, 5.41) is 15.1. The van der Waals surface area contributed by atoms with Crippen LogP contribution in [0.15, 0.2) is 65.6 Å². The fraction of sp³-hybridized carbons (Fsp3) is 0.238. The Morgan fingerprint density at radius 3 is 2.50 bits per heavy atom. The number of nitro groups is 1. The number of hydrogen-bond donors (Lipinski definition) is 0. The van der Waals surface area contributed by atoms with Crippen LogP contribution in [0.5, 0.6) is 0 Å². The molecule has 1 aliphatic rings. The van der Waals surface area contributed by atoms with Crippen molar-refractivity contribution in [2.45, 2.75) is 19.1 Å².